The second-order valence-electron chi connectivity index (χ2n) is 4.64. The summed E-state index contributed by atoms with van der Waals surface area (Å²) in [5.74, 6) is 0.753. The van der Waals surface area contributed by atoms with E-state index in [0.29, 0.717) is 5.41 Å². The van der Waals surface area contributed by atoms with Crippen LogP contribution in [0.3, 0.4) is 0 Å². The molecular formula is C13H18ClN. The Labute approximate surface area is 96.8 Å². The average molecular weight is 224 g/mol. The molecule has 2 heteroatoms. The molecule has 0 amide bonds. The lowest BCUT2D eigenvalue weighted by Gasteiger charge is -2.49. The number of hydrogen-bond donors (Lipinski definition) is 1. The van der Waals surface area contributed by atoms with Gasteiger partial charge in [0.15, 0.2) is 0 Å². The molecule has 1 aliphatic carbocycles. The van der Waals surface area contributed by atoms with E-state index in [-0.39, 0.29) is 0 Å². The van der Waals surface area contributed by atoms with Crippen molar-refractivity contribution in [2.45, 2.75) is 25.2 Å². The highest BCUT2D eigenvalue weighted by Crippen LogP contribution is 2.48. The summed E-state index contributed by atoms with van der Waals surface area (Å²) in [6.45, 7) is 3.39. The predicted molar refractivity (Wildman–Crippen MR) is 65.5 cm³/mol. The highest BCUT2D eigenvalue weighted by Gasteiger charge is 2.44. The monoisotopic (exact) mass is 223 g/mol. The number of benzene rings is 1. The van der Waals surface area contributed by atoms with Crippen LogP contribution in [0, 0.1) is 5.92 Å². The van der Waals surface area contributed by atoms with Crippen LogP contribution in [0.15, 0.2) is 24.3 Å². The zero-order chi connectivity index (χ0) is 10.9. The molecule has 2 rings (SSSR count). The zero-order valence-corrected chi connectivity index (χ0v) is 10.1. The molecule has 0 heterocycles. The second-order valence-corrected chi connectivity index (χ2v) is 5.07. The Bertz CT molecular complexity index is 350. The average Bonchev–Trinajstić information content (AvgIpc) is 2.23. The first kappa shape index (κ1) is 11.0. The van der Waals surface area contributed by atoms with Gasteiger partial charge in [0.1, 0.15) is 0 Å². The summed E-state index contributed by atoms with van der Waals surface area (Å²) in [5, 5.41) is 4.16. The quantitative estimate of drug-likeness (QED) is 0.830. The summed E-state index contributed by atoms with van der Waals surface area (Å²) >= 11 is 6.06. The summed E-state index contributed by atoms with van der Waals surface area (Å²) in [7, 11) is 2.03. The molecule has 82 valence electrons. The third-order valence-corrected chi connectivity index (χ3v) is 4.09. The van der Waals surface area contributed by atoms with E-state index in [9.17, 15) is 0 Å². The lowest BCUT2D eigenvalue weighted by Crippen LogP contribution is -2.49. The van der Waals surface area contributed by atoms with E-state index in [0.717, 1.165) is 17.5 Å². The first-order valence-electron chi connectivity index (χ1n) is 5.60. The molecular weight excluding hydrogens is 206 g/mol. The topological polar surface area (TPSA) is 12.0 Å². The van der Waals surface area contributed by atoms with E-state index >= 15 is 0 Å². The molecule has 0 aromatic heterocycles. The van der Waals surface area contributed by atoms with E-state index in [1.165, 1.54) is 18.4 Å². The van der Waals surface area contributed by atoms with Gasteiger partial charge < -0.3 is 5.32 Å². The first-order chi connectivity index (χ1) is 7.19. The van der Waals surface area contributed by atoms with Crippen LogP contribution in [0.2, 0.25) is 5.02 Å². The first-order valence-corrected chi connectivity index (χ1v) is 5.97. The van der Waals surface area contributed by atoms with Gasteiger partial charge in [-0.1, -0.05) is 30.7 Å². The molecule has 1 N–H and O–H groups in total. The fraction of sp³-hybridized carbons (Fsp3) is 0.538. The molecule has 1 saturated carbocycles. The lowest BCUT2D eigenvalue weighted by molar-refractivity contribution is 0.137. The summed E-state index contributed by atoms with van der Waals surface area (Å²) in [6, 6.07) is 8.33. The van der Waals surface area contributed by atoms with Gasteiger partial charge in [0.25, 0.3) is 0 Å². The summed E-state index contributed by atoms with van der Waals surface area (Å²) < 4.78 is 0. The molecule has 15 heavy (non-hydrogen) atoms. The Morgan fingerprint density at radius 1 is 1.53 bits per heavy atom. The van der Waals surface area contributed by atoms with Gasteiger partial charge in [-0.05, 0) is 43.5 Å². The Balaban J connectivity index is 2.33. The predicted octanol–water partition coefficient (Wildman–Crippen LogP) is 3.23. The van der Waals surface area contributed by atoms with Crippen molar-refractivity contribution in [2.75, 3.05) is 13.6 Å². The molecule has 2 unspecified atom stereocenters. The van der Waals surface area contributed by atoms with Gasteiger partial charge in [-0.25, -0.2) is 0 Å². The van der Waals surface area contributed by atoms with Crippen molar-refractivity contribution < 1.29 is 0 Å². The molecule has 1 fully saturated rings. The van der Waals surface area contributed by atoms with Gasteiger partial charge in [-0.15, -0.1) is 0 Å². The normalized spacial score (nSPS) is 29.9. The van der Waals surface area contributed by atoms with Gasteiger partial charge in [-0.2, -0.15) is 0 Å². The zero-order valence-electron chi connectivity index (χ0n) is 9.39. The summed E-state index contributed by atoms with van der Waals surface area (Å²) in [5.41, 5.74) is 1.71. The minimum absolute atomic E-state index is 0.319. The number of rotatable bonds is 3. The largest absolute Gasteiger partial charge is 0.319 e. The maximum absolute atomic E-state index is 6.06. The van der Waals surface area contributed by atoms with Crippen LogP contribution < -0.4 is 5.32 Å². The van der Waals surface area contributed by atoms with E-state index in [1.807, 2.05) is 13.1 Å². The van der Waals surface area contributed by atoms with Gasteiger partial charge in [-0.3, -0.25) is 0 Å². The van der Waals surface area contributed by atoms with Crippen molar-refractivity contribution in [3.63, 3.8) is 0 Å². The van der Waals surface area contributed by atoms with Crippen LogP contribution >= 0.6 is 11.6 Å². The Hall–Kier alpha value is -0.530. The molecule has 1 aromatic rings. The fourth-order valence-electron chi connectivity index (χ4n) is 2.69. The van der Waals surface area contributed by atoms with E-state index in [1.54, 1.807) is 0 Å². The van der Waals surface area contributed by atoms with Crippen LogP contribution in [0.4, 0.5) is 0 Å². The third kappa shape index (κ3) is 1.79. The smallest absolute Gasteiger partial charge is 0.0408 e. The lowest BCUT2D eigenvalue weighted by atomic mass is 9.57. The van der Waals surface area contributed by atoms with Crippen molar-refractivity contribution in [2.24, 2.45) is 5.92 Å². The number of nitrogens with one attached hydrogen (secondary N) is 1. The summed E-state index contributed by atoms with van der Waals surface area (Å²) in [6.07, 6.45) is 2.60. The minimum atomic E-state index is 0.319. The van der Waals surface area contributed by atoms with Crippen LogP contribution in [-0.2, 0) is 5.41 Å². The van der Waals surface area contributed by atoms with E-state index in [2.05, 4.69) is 30.4 Å². The summed E-state index contributed by atoms with van der Waals surface area (Å²) in [4.78, 5) is 0. The number of hydrogen-bond acceptors (Lipinski definition) is 1. The Morgan fingerprint density at radius 2 is 2.33 bits per heavy atom. The fourth-order valence-corrected chi connectivity index (χ4v) is 2.88. The molecule has 2 atom stereocenters. The van der Waals surface area contributed by atoms with Crippen LogP contribution in [0.5, 0.6) is 0 Å². The minimum Gasteiger partial charge on any atom is -0.319 e. The van der Waals surface area contributed by atoms with Crippen LogP contribution in [0.25, 0.3) is 0 Å². The molecule has 0 bridgehead atoms. The Kier molecular flexibility index (Phi) is 3.03. The van der Waals surface area contributed by atoms with Crippen molar-refractivity contribution in [1.29, 1.82) is 0 Å². The molecule has 1 aliphatic rings. The highest BCUT2D eigenvalue weighted by molar-refractivity contribution is 6.30. The molecule has 1 nitrogen and oxygen atoms in total. The number of halogens is 1. The van der Waals surface area contributed by atoms with Crippen molar-refractivity contribution in [1.82, 2.24) is 5.32 Å². The maximum Gasteiger partial charge on any atom is 0.0408 e. The van der Waals surface area contributed by atoms with Gasteiger partial charge in [0.2, 0.25) is 0 Å². The molecule has 0 radical (unpaired) electrons. The van der Waals surface area contributed by atoms with Crippen molar-refractivity contribution in [3.8, 4) is 0 Å². The van der Waals surface area contributed by atoms with Crippen LogP contribution in [0.1, 0.15) is 25.3 Å². The molecule has 0 saturated heterocycles. The maximum atomic E-state index is 6.06. The van der Waals surface area contributed by atoms with Crippen molar-refractivity contribution >= 4 is 11.6 Å². The molecule has 0 spiro atoms. The van der Waals surface area contributed by atoms with Gasteiger partial charge in [0.05, 0.1) is 0 Å². The SMILES string of the molecule is CNCC1(c2cccc(Cl)c2)CCC1C. The highest BCUT2D eigenvalue weighted by atomic mass is 35.5. The molecule has 0 aliphatic heterocycles. The standard InChI is InChI=1S/C13H18ClN/c1-10-6-7-13(10,9-15-2)11-4-3-5-12(14)8-11/h3-5,8,10,15H,6-7,9H2,1-2H3. The Morgan fingerprint density at radius 3 is 2.80 bits per heavy atom. The molecule has 1 aromatic carbocycles. The number of likely N-dealkylation sites (N-methyl/N-ethyl adjacent to an activating group) is 1. The van der Waals surface area contributed by atoms with Crippen molar-refractivity contribution in [3.05, 3.63) is 34.9 Å². The van der Waals surface area contributed by atoms with E-state index in [4.69, 9.17) is 11.6 Å². The third-order valence-electron chi connectivity index (χ3n) is 3.86. The van der Waals surface area contributed by atoms with Gasteiger partial charge >= 0.3 is 0 Å². The second kappa shape index (κ2) is 4.15. The van der Waals surface area contributed by atoms with Gasteiger partial charge in [0, 0.05) is 17.0 Å². The van der Waals surface area contributed by atoms with E-state index < -0.39 is 0 Å². The van der Waals surface area contributed by atoms with Crippen LogP contribution in [-0.4, -0.2) is 13.6 Å².